The first kappa shape index (κ1) is 18.6. The highest BCUT2D eigenvalue weighted by molar-refractivity contribution is 7.92. The van der Waals surface area contributed by atoms with Gasteiger partial charge in [-0.3, -0.25) is 9.10 Å². The number of carboxylic acid groups (broad SMARTS) is 1. The summed E-state index contributed by atoms with van der Waals surface area (Å²) in [6.45, 7) is 1.09. The van der Waals surface area contributed by atoms with Crippen molar-refractivity contribution in [2.75, 3.05) is 25.1 Å². The Morgan fingerprint density at radius 3 is 2.24 bits per heavy atom. The monoisotopic (exact) mass is 365 g/mol. The van der Waals surface area contributed by atoms with Crippen molar-refractivity contribution >= 4 is 21.7 Å². The molecular weight excluding hydrogens is 346 g/mol. The van der Waals surface area contributed by atoms with Gasteiger partial charge >= 0.3 is 5.97 Å². The number of hydrogen-bond donors (Lipinski definition) is 1. The second kappa shape index (κ2) is 7.43. The third kappa shape index (κ3) is 4.03. The summed E-state index contributed by atoms with van der Waals surface area (Å²) in [6, 6.07) is 10.7. The molecule has 134 valence electrons. The highest BCUT2D eigenvalue weighted by atomic mass is 32.2. The Kier molecular flexibility index (Phi) is 5.53. The molecule has 2 aromatic carbocycles. The van der Waals surface area contributed by atoms with E-state index in [1.165, 1.54) is 44.6 Å². The van der Waals surface area contributed by atoms with E-state index in [9.17, 15) is 18.3 Å². The molecule has 0 radical (unpaired) electrons. The maximum Gasteiger partial charge on any atom is 0.324 e. The van der Waals surface area contributed by atoms with Crippen molar-refractivity contribution < 1.29 is 27.8 Å². The number of benzene rings is 2. The second-order valence-electron chi connectivity index (χ2n) is 5.26. The van der Waals surface area contributed by atoms with Gasteiger partial charge < -0.3 is 14.6 Å². The van der Waals surface area contributed by atoms with Gasteiger partial charge in [0.1, 0.15) is 18.0 Å². The fourth-order valence-electron chi connectivity index (χ4n) is 2.25. The van der Waals surface area contributed by atoms with Crippen molar-refractivity contribution in [1.29, 1.82) is 0 Å². The minimum absolute atomic E-state index is 0.00257. The number of sulfonamides is 1. The lowest BCUT2D eigenvalue weighted by Gasteiger charge is -2.24. The van der Waals surface area contributed by atoms with Crippen molar-refractivity contribution in [2.45, 2.75) is 11.8 Å². The van der Waals surface area contributed by atoms with Gasteiger partial charge in [-0.2, -0.15) is 0 Å². The Labute approximate surface area is 146 Å². The Bertz CT molecular complexity index is 861. The molecule has 0 unspecified atom stereocenters. The molecule has 0 bridgehead atoms. The van der Waals surface area contributed by atoms with E-state index in [1.807, 2.05) is 6.92 Å². The predicted octanol–water partition coefficient (Wildman–Crippen LogP) is 2.29. The summed E-state index contributed by atoms with van der Waals surface area (Å²) >= 11 is 0. The molecule has 0 aliphatic rings. The van der Waals surface area contributed by atoms with Gasteiger partial charge in [0.2, 0.25) is 0 Å². The number of carboxylic acids is 1. The second-order valence-corrected chi connectivity index (χ2v) is 7.12. The molecule has 0 atom stereocenters. The highest BCUT2D eigenvalue weighted by Crippen LogP contribution is 2.35. The Hall–Kier alpha value is -2.74. The standard InChI is InChI=1S/C17H19NO6S/c1-12-4-7-14(8-5-12)25(21,22)18(11-17(19)20)15-9-6-13(23-2)10-16(15)24-3/h4-10H,11H2,1-3H3,(H,19,20). The molecule has 7 nitrogen and oxygen atoms in total. The quantitative estimate of drug-likeness (QED) is 0.809. The summed E-state index contributed by atoms with van der Waals surface area (Å²) in [5.41, 5.74) is 1.01. The number of nitrogens with zero attached hydrogens (tertiary/aromatic N) is 1. The number of hydrogen-bond acceptors (Lipinski definition) is 5. The number of anilines is 1. The maximum atomic E-state index is 13.0. The van der Waals surface area contributed by atoms with Crippen LogP contribution in [0.3, 0.4) is 0 Å². The molecular formula is C17H19NO6S. The van der Waals surface area contributed by atoms with Crippen molar-refractivity contribution in [3.63, 3.8) is 0 Å². The smallest absolute Gasteiger partial charge is 0.324 e. The van der Waals surface area contributed by atoms with Crippen LogP contribution in [-0.2, 0) is 14.8 Å². The average molecular weight is 365 g/mol. The van der Waals surface area contributed by atoms with Crippen LogP contribution in [0, 0.1) is 6.92 Å². The van der Waals surface area contributed by atoms with Crippen LogP contribution in [0.5, 0.6) is 11.5 Å². The van der Waals surface area contributed by atoms with Crippen LogP contribution >= 0.6 is 0 Å². The number of aliphatic carboxylic acids is 1. The molecule has 0 aliphatic heterocycles. The number of ether oxygens (including phenoxy) is 2. The molecule has 25 heavy (non-hydrogen) atoms. The normalized spacial score (nSPS) is 11.0. The SMILES string of the molecule is COc1ccc(N(CC(=O)O)S(=O)(=O)c2ccc(C)cc2)c(OC)c1. The largest absolute Gasteiger partial charge is 0.497 e. The molecule has 0 fully saturated rings. The van der Waals surface area contributed by atoms with Crippen LogP contribution in [0.25, 0.3) is 0 Å². The maximum absolute atomic E-state index is 13.0. The van der Waals surface area contributed by atoms with E-state index in [2.05, 4.69) is 0 Å². The van der Waals surface area contributed by atoms with E-state index in [-0.39, 0.29) is 16.3 Å². The molecule has 2 aromatic rings. The number of carbonyl (C=O) groups is 1. The minimum Gasteiger partial charge on any atom is -0.497 e. The van der Waals surface area contributed by atoms with E-state index in [4.69, 9.17) is 9.47 Å². The van der Waals surface area contributed by atoms with Gasteiger partial charge in [0.15, 0.2) is 0 Å². The van der Waals surface area contributed by atoms with E-state index < -0.39 is 22.5 Å². The van der Waals surface area contributed by atoms with Gasteiger partial charge in [0, 0.05) is 6.07 Å². The fraction of sp³-hybridized carbons (Fsp3) is 0.235. The number of aryl methyl sites for hydroxylation is 1. The van der Waals surface area contributed by atoms with Crippen molar-refractivity contribution in [3.05, 3.63) is 48.0 Å². The average Bonchev–Trinajstić information content (AvgIpc) is 2.59. The van der Waals surface area contributed by atoms with Gasteiger partial charge in [-0.25, -0.2) is 8.42 Å². The molecule has 8 heteroatoms. The number of methoxy groups -OCH3 is 2. The molecule has 0 spiro atoms. The third-order valence-electron chi connectivity index (χ3n) is 3.54. The lowest BCUT2D eigenvalue weighted by Crippen LogP contribution is -2.36. The van der Waals surface area contributed by atoms with Crippen LogP contribution in [0.2, 0.25) is 0 Å². The minimum atomic E-state index is -4.09. The summed E-state index contributed by atoms with van der Waals surface area (Å²) in [4.78, 5) is 11.3. The van der Waals surface area contributed by atoms with Gasteiger partial charge in [0.05, 0.1) is 24.8 Å². The van der Waals surface area contributed by atoms with E-state index >= 15 is 0 Å². The van der Waals surface area contributed by atoms with E-state index in [1.54, 1.807) is 12.1 Å². The van der Waals surface area contributed by atoms with Crippen molar-refractivity contribution in [1.82, 2.24) is 0 Å². The molecule has 0 aromatic heterocycles. The summed E-state index contributed by atoms with van der Waals surface area (Å²) in [6.07, 6.45) is 0. The zero-order valence-electron chi connectivity index (χ0n) is 14.1. The Morgan fingerprint density at radius 2 is 1.72 bits per heavy atom. The van der Waals surface area contributed by atoms with Gasteiger partial charge in [0.25, 0.3) is 10.0 Å². The molecule has 0 saturated heterocycles. The lowest BCUT2D eigenvalue weighted by atomic mass is 10.2. The molecule has 0 aliphatic carbocycles. The van der Waals surface area contributed by atoms with Crippen LogP contribution in [-0.4, -0.2) is 40.3 Å². The Balaban J connectivity index is 2.60. The molecule has 0 heterocycles. The van der Waals surface area contributed by atoms with Crippen molar-refractivity contribution in [3.8, 4) is 11.5 Å². The number of rotatable bonds is 7. The van der Waals surface area contributed by atoms with Crippen LogP contribution in [0.4, 0.5) is 5.69 Å². The summed E-state index contributed by atoms with van der Waals surface area (Å²) < 4.78 is 37.1. The van der Waals surface area contributed by atoms with Crippen LogP contribution < -0.4 is 13.8 Å². The van der Waals surface area contributed by atoms with E-state index in [0.29, 0.717) is 5.75 Å². The summed E-state index contributed by atoms with van der Waals surface area (Å²) in [5, 5.41) is 9.19. The zero-order chi connectivity index (χ0) is 18.6. The summed E-state index contributed by atoms with van der Waals surface area (Å²) in [5.74, 6) is -0.631. The first-order chi connectivity index (χ1) is 11.8. The van der Waals surface area contributed by atoms with Crippen LogP contribution in [0.1, 0.15) is 5.56 Å². The molecule has 0 amide bonds. The first-order valence-electron chi connectivity index (χ1n) is 7.33. The van der Waals surface area contributed by atoms with E-state index in [0.717, 1.165) is 9.87 Å². The zero-order valence-corrected chi connectivity index (χ0v) is 14.9. The molecule has 2 rings (SSSR count). The summed E-state index contributed by atoms with van der Waals surface area (Å²) in [7, 11) is -1.25. The lowest BCUT2D eigenvalue weighted by molar-refractivity contribution is -0.135. The van der Waals surface area contributed by atoms with Gasteiger partial charge in [-0.15, -0.1) is 0 Å². The molecule has 0 saturated carbocycles. The third-order valence-corrected chi connectivity index (χ3v) is 5.32. The highest BCUT2D eigenvalue weighted by Gasteiger charge is 2.29. The predicted molar refractivity (Wildman–Crippen MR) is 92.9 cm³/mol. The Morgan fingerprint density at radius 1 is 1.08 bits per heavy atom. The van der Waals surface area contributed by atoms with Crippen molar-refractivity contribution in [2.24, 2.45) is 0 Å². The van der Waals surface area contributed by atoms with Gasteiger partial charge in [-0.1, -0.05) is 17.7 Å². The van der Waals surface area contributed by atoms with Gasteiger partial charge in [-0.05, 0) is 31.2 Å². The first-order valence-corrected chi connectivity index (χ1v) is 8.77. The fourth-order valence-corrected chi connectivity index (χ4v) is 3.68. The molecule has 1 N–H and O–H groups in total. The topological polar surface area (TPSA) is 93.1 Å². The van der Waals surface area contributed by atoms with Crippen LogP contribution in [0.15, 0.2) is 47.4 Å².